The first-order valence-electron chi connectivity index (χ1n) is 10.5. The maximum Gasteiger partial charge on any atom is 0.241 e. The van der Waals surface area contributed by atoms with Crippen LogP contribution in [-0.2, 0) is 4.79 Å². The van der Waals surface area contributed by atoms with Crippen LogP contribution in [-0.4, -0.2) is 43.0 Å². The highest BCUT2D eigenvalue weighted by Gasteiger charge is 2.36. The Labute approximate surface area is 206 Å². The minimum absolute atomic E-state index is 0. The van der Waals surface area contributed by atoms with Crippen molar-refractivity contribution in [3.8, 4) is 11.5 Å². The Kier molecular flexibility index (Phi) is 6.84. The van der Waals surface area contributed by atoms with Gasteiger partial charge in [-0.2, -0.15) is 0 Å². The Morgan fingerprint density at radius 3 is 2.24 bits per heavy atom. The molecule has 5 rings (SSSR count). The molecular formula is C25H22ClF2N3O2S. The van der Waals surface area contributed by atoms with Crippen molar-refractivity contribution in [1.82, 2.24) is 9.88 Å². The van der Waals surface area contributed by atoms with Crippen molar-refractivity contribution in [3.63, 3.8) is 0 Å². The number of hydrogen-bond donors (Lipinski definition) is 0. The van der Waals surface area contributed by atoms with Crippen molar-refractivity contribution in [1.29, 1.82) is 0 Å². The third-order valence-corrected chi connectivity index (χ3v) is 6.62. The number of fused-ring (bicyclic) bond motifs is 3. The normalized spacial score (nSPS) is 12.6. The number of rotatable bonds is 5. The van der Waals surface area contributed by atoms with Crippen LogP contribution in [0.5, 0.6) is 11.5 Å². The minimum Gasteiger partial charge on any atom is -0.457 e. The smallest absolute Gasteiger partial charge is 0.241 e. The topological polar surface area (TPSA) is 45.7 Å². The zero-order valence-electron chi connectivity index (χ0n) is 18.5. The Morgan fingerprint density at radius 2 is 1.62 bits per heavy atom. The number of nitrogens with zero attached hydrogens (tertiary/aromatic N) is 3. The largest absolute Gasteiger partial charge is 0.457 e. The summed E-state index contributed by atoms with van der Waals surface area (Å²) >= 11 is 1.10. The zero-order valence-corrected chi connectivity index (χ0v) is 20.1. The summed E-state index contributed by atoms with van der Waals surface area (Å²) in [7, 11) is 3.82. The van der Waals surface area contributed by atoms with Crippen LogP contribution in [0, 0.1) is 11.6 Å². The summed E-state index contributed by atoms with van der Waals surface area (Å²) in [5, 5.41) is 0.336. The van der Waals surface area contributed by atoms with Gasteiger partial charge in [-0.05, 0) is 32.3 Å². The first kappa shape index (κ1) is 24.1. The molecule has 1 amide bonds. The van der Waals surface area contributed by atoms with E-state index in [2.05, 4.69) is 4.98 Å². The number of ether oxygens (including phenoxy) is 1. The molecule has 9 heteroatoms. The molecule has 34 heavy (non-hydrogen) atoms. The number of para-hydroxylation sites is 2. The Morgan fingerprint density at radius 1 is 1.00 bits per heavy atom. The average Bonchev–Trinajstić information content (AvgIpc) is 3.21. The number of anilines is 1. The van der Waals surface area contributed by atoms with E-state index in [0.717, 1.165) is 28.5 Å². The molecule has 0 radical (unpaired) electrons. The number of benzene rings is 3. The van der Waals surface area contributed by atoms with E-state index in [4.69, 9.17) is 4.74 Å². The second-order valence-electron chi connectivity index (χ2n) is 8.13. The minimum atomic E-state index is -0.741. The highest BCUT2D eigenvalue weighted by atomic mass is 35.5. The first-order valence-corrected chi connectivity index (χ1v) is 11.3. The van der Waals surface area contributed by atoms with Gasteiger partial charge < -0.3 is 9.64 Å². The Hall–Kier alpha value is -3.07. The van der Waals surface area contributed by atoms with E-state index in [9.17, 15) is 13.6 Å². The Balaban J connectivity index is 0.00000274. The summed E-state index contributed by atoms with van der Waals surface area (Å²) in [4.78, 5) is 22.0. The molecule has 1 aliphatic heterocycles. The molecule has 0 N–H and O–H groups in total. The SMILES string of the molecule is CN(C)CCN(C(=O)C1c2ccccc2Oc2ccccc21)c1nc2c(F)cc(F)cc2s1.Cl. The molecule has 0 saturated carbocycles. The van der Waals surface area contributed by atoms with E-state index in [-0.39, 0.29) is 23.8 Å². The molecule has 0 unspecified atom stereocenters. The molecule has 4 aromatic rings. The number of halogens is 3. The molecule has 5 nitrogen and oxygen atoms in total. The Bertz CT molecular complexity index is 1320. The summed E-state index contributed by atoms with van der Waals surface area (Å²) in [5.74, 6) is -0.969. The molecule has 0 atom stereocenters. The molecule has 0 aliphatic carbocycles. The van der Waals surface area contributed by atoms with E-state index >= 15 is 0 Å². The number of hydrogen-bond acceptors (Lipinski definition) is 5. The van der Waals surface area contributed by atoms with Crippen molar-refractivity contribution in [2.75, 3.05) is 32.1 Å². The van der Waals surface area contributed by atoms with E-state index in [1.807, 2.05) is 67.5 Å². The molecule has 0 fully saturated rings. The molecule has 1 aliphatic rings. The maximum absolute atomic E-state index is 14.4. The van der Waals surface area contributed by atoms with Crippen molar-refractivity contribution >= 4 is 45.0 Å². The van der Waals surface area contributed by atoms with Gasteiger partial charge in [-0.3, -0.25) is 9.69 Å². The predicted molar refractivity (Wildman–Crippen MR) is 132 cm³/mol. The van der Waals surface area contributed by atoms with E-state index in [1.54, 1.807) is 4.90 Å². The van der Waals surface area contributed by atoms with Crippen LogP contribution in [0.15, 0.2) is 60.7 Å². The summed E-state index contributed by atoms with van der Waals surface area (Å²) < 4.78 is 34.5. The fourth-order valence-corrected chi connectivity index (χ4v) is 5.03. The molecular weight excluding hydrogens is 480 g/mol. The zero-order chi connectivity index (χ0) is 23.1. The van der Waals surface area contributed by atoms with Gasteiger partial charge in [0.2, 0.25) is 5.91 Å². The van der Waals surface area contributed by atoms with Crippen LogP contribution in [0.1, 0.15) is 17.0 Å². The number of carbonyl (C=O) groups excluding carboxylic acids is 1. The molecule has 0 spiro atoms. The van der Waals surface area contributed by atoms with Crippen LogP contribution in [0.4, 0.5) is 13.9 Å². The predicted octanol–water partition coefficient (Wildman–Crippen LogP) is 5.83. The summed E-state index contributed by atoms with van der Waals surface area (Å²) in [6.45, 7) is 0.919. The second kappa shape index (κ2) is 9.66. The van der Waals surface area contributed by atoms with Crippen LogP contribution >= 0.6 is 23.7 Å². The molecule has 2 heterocycles. The van der Waals surface area contributed by atoms with E-state index in [1.165, 1.54) is 6.07 Å². The number of carbonyl (C=O) groups is 1. The summed E-state index contributed by atoms with van der Waals surface area (Å²) in [6, 6.07) is 17.0. The number of likely N-dealkylation sites (N-methyl/N-ethyl adjacent to an activating group) is 1. The third-order valence-electron chi connectivity index (χ3n) is 5.60. The van der Waals surface area contributed by atoms with Gasteiger partial charge in [0.15, 0.2) is 10.9 Å². The lowest BCUT2D eigenvalue weighted by Crippen LogP contribution is -2.40. The quantitative estimate of drug-likeness (QED) is 0.345. The fraction of sp³-hybridized carbons (Fsp3) is 0.200. The van der Waals surface area contributed by atoms with Gasteiger partial charge in [-0.1, -0.05) is 47.7 Å². The maximum atomic E-state index is 14.4. The molecule has 1 aromatic heterocycles. The second-order valence-corrected chi connectivity index (χ2v) is 9.14. The lowest BCUT2D eigenvalue weighted by molar-refractivity contribution is -0.119. The average molecular weight is 502 g/mol. The van der Waals surface area contributed by atoms with Crippen molar-refractivity contribution < 1.29 is 18.3 Å². The van der Waals surface area contributed by atoms with Gasteiger partial charge in [0, 0.05) is 30.3 Å². The van der Waals surface area contributed by atoms with Gasteiger partial charge in [-0.15, -0.1) is 12.4 Å². The summed E-state index contributed by atoms with van der Waals surface area (Å²) in [5.41, 5.74) is 1.58. The standard InChI is InChI=1S/C25H21F2N3O2S.ClH/c1-29(2)11-12-30(25-28-23-18(27)13-15(26)14-21(23)33-25)24(31)22-16-7-3-5-9-19(16)32-20-10-6-4-8-17(20)22;/h3-10,13-14,22H,11-12H2,1-2H3;1H. The van der Waals surface area contributed by atoms with Gasteiger partial charge in [0.05, 0.1) is 10.6 Å². The highest BCUT2D eigenvalue weighted by Crippen LogP contribution is 2.45. The third kappa shape index (κ3) is 4.36. The number of amides is 1. The van der Waals surface area contributed by atoms with Gasteiger partial charge in [0.25, 0.3) is 0 Å². The lowest BCUT2D eigenvalue weighted by Gasteiger charge is -2.31. The van der Waals surface area contributed by atoms with Crippen molar-refractivity contribution in [2.45, 2.75) is 5.92 Å². The lowest BCUT2D eigenvalue weighted by atomic mass is 9.87. The number of aromatic nitrogens is 1. The monoisotopic (exact) mass is 501 g/mol. The fourth-order valence-electron chi connectivity index (χ4n) is 3.99. The van der Waals surface area contributed by atoms with Gasteiger partial charge >= 0.3 is 0 Å². The van der Waals surface area contributed by atoms with Crippen molar-refractivity contribution in [3.05, 3.63) is 83.4 Å². The van der Waals surface area contributed by atoms with Crippen LogP contribution in [0.25, 0.3) is 10.2 Å². The molecule has 3 aromatic carbocycles. The van der Waals surface area contributed by atoms with Crippen LogP contribution in [0.3, 0.4) is 0 Å². The molecule has 0 bridgehead atoms. The van der Waals surface area contributed by atoms with Gasteiger partial charge in [0.1, 0.15) is 22.8 Å². The van der Waals surface area contributed by atoms with E-state index < -0.39 is 17.6 Å². The summed E-state index contributed by atoms with van der Waals surface area (Å²) in [6.07, 6.45) is 0. The van der Waals surface area contributed by atoms with E-state index in [0.29, 0.717) is 34.4 Å². The van der Waals surface area contributed by atoms with Crippen LogP contribution < -0.4 is 9.64 Å². The first-order chi connectivity index (χ1) is 15.9. The molecule has 0 saturated heterocycles. The molecule has 176 valence electrons. The van der Waals surface area contributed by atoms with Gasteiger partial charge in [-0.25, -0.2) is 13.8 Å². The van der Waals surface area contributed by atoms with Crippen LogP contribution in [0.2, 0.25) is 0 Å². The van der Waals surface area contributed by atoms with Crippen molar-refractivity contribution in [2.24, 2.45) is 0 Å². The number of thiazole rings is 1. The highest BCUT2D eigenvalue weighted by molar-refractivity contribution is 7.22.